The highest BCUT2D eigenvalue weighted by molar-refractivity contribution is 6.33. The van der Waals surface area contributed by atoms with Crippen LogP contribution in [-0.2, 0) is 11.6 Å². The highest BCUT2D eigenvalue weighted by Crippen LogP contribution is 2.42. The van der Waals surface area contributed by atoms with Crippen molar-refractivity contribution in [2.45, 2.75) is 32.4 Å². The second-order valence-corrected chi connectivity index (χ2v) is 11.4. The molecule has 0 N–H and O–H groups in total. The van der Waals surface area contributed by atoms with Crippen molar-refractivity contribution >= 4 is 33.4 Å². The Morgan fingerprint density at radius 2 is 1.43 bits per heavy atom. The third-order valence-electron chi connectivity index (χ3n) is 7.22. The molecule has 0 fully saturated rings. The predicted octanol–water partition coefficient (Wildman–Crippen LogP) is 10.5. The van der Waals surface area contributed by atoms with Gasteiger partial charge >= 0.3 is 6.18 Å². The number of hydrogen-bond donors (Lipinski definition) is 0. The smallest absolute Gasteiger partial charge is 0.292 e. The highest BCUT2D eigenvalue weighted by Gasteiger charge is 2.32. The average Bonchev–Trinajstić information content (AvgIpc) is 3.31. The van der Waals surface area contributed by atoms with Gasteiger partial charge in [-0.15, -0.1) is 0 Å². The Morgan fingerprint density at radius 3 is 2.17 bits per heavy atom. The minimum atomic E-state index is -4.51. The van der Waals surface area contributed by atoms with Gasteiger partial charge in [0.15, 0.2) is 0 Å². The van der Waals surface area contributed by atoms with Gasteiger partial charge in [-0.05, 0) is 70.3 Å². The minimum Gasteiger partial charge on any atom is -0.292 e. The first kappa shape index (κ1) is 26.1. The van der Waals surface area contributed by atoms with Gasteiger partial charge in [-0.25, -0.2) is 4.98 Å². The summed E-state index contributed by atoms with van der Waals surface area (Å²) in [6.07, 6.45) is -4.51. The molecule has 0 saturated heterocycles. The summed E-state index contributed by atoms with van der Waals surface area (Å²) in [5.41, 5.74) is 4.15. The molecule has 6 heteroatoms. The molecule has 5 aromatic carbocycles. The van der Waals surface area contributed by atoms with E-state index in [2.05, 4.69) is 45.0 Å². The minimum absolute atomic E-state index is 0.149. The molecule has 0 atom stereocenters. The number of rotatable bonds is 3. The van der Waals surface area contributed by atoms with E-state index in [9.17, 15) is 13.2 Å². The van der Waals surface area contributed by atoms with Crippen LogP contribution in [0.5, 0.6) is 0 Å². The topological polar surface area (TPSA) is 17.8 Å². The number of imidazole rings is 1. The zero-order chi connectivity index (χ0) is 28.2. The molecule has 0 radical (unpaired) electrons. The van der Waals surface area contributed by atoms with Crippen molar-refractivity contribution in [2.24, 2.45) is 0 Å². The second-order valence-electron chi connectivity index (χ2n) is 11.0. The van der Waals surface area contributed by atoms with Gasteiger partial charge in [0, 0.05) is 21.7 Å². The van der Waals surface area contributed by atoms with Crippen molar-refractivity contribution in [3.8, 4) is 28.2 Å². The van der Waals surface area contributed by atoms with Crippen molar-refractivity contribution in [1.29, 1.82) is 0 Å². The van der Waals surface area contributed by atoms with Crippen LogP contribution in [0.4, 0.5) is 13.2 Å². The number of para-hydroxylation sites is 2. The zero-order valence-corrected chi connectivity index (χ0v) is 23.0. The lowest BCUT2D eigenvalue weighted by molar-refractivity contribution is -0.137. The summed E-state index contributed by atoms with van der Waals surface area (Å²) in [4.78, 5) is 5.03. The number of hydrogen-bond acceptors (Lipinski definition) is 1. The summed E-state index contributed by atoms with van der Waals surface area (Å²) in [7, 11) is 0. The molecule has 0 aliphatic carbocycles. The van der Waals surface area contributed by atoms with Crippen LogP contribution in [0.2, 0.25) is 5.02 Å². The molecule has 6 aromatic rings. The molecule has 0 amide bonds. The van der Waals surface area contributed by atoms with Gasteiger partial charge in [0.25, 0.3) is 0 Å². The molecule has 40 heavy (non-hydrogen) atoms. The fourth-order valence-corrected chi connectivity index (χ4v) is 5.56. The summed E-state index contributed by atoms with van der Waals surface area (Å²) in [5, 5.41) is 2.60. The van der Waals surface area contributed by atoms with E-state index < -0.39 is 11.7 Å². The first-order valence-corrected chi connectivity index (χ1v) is 13.4. The van der Waals surface area contributed by atoms with Gasteiger partial charge in [-0.2, -0.15) is 13.2 Å². The lowest BCUT2D eigenvalue weighted by Gasteiger charge is -2.23. The zero-order valence-electron chi connectivity index (χ0n) is 22.2. The van der Waals surface area contributed by atoms with Crippen LogP contribution in [0.25, 0.3) is 50.0 Å². The first-order valence-electron chi connectivity index (χ1n) is 13.0. The molecule has 0 unspecified atom stereocenters. The summed E-state index contributed by atoms with van der Waals surface area (Å²) in [5.74, 6) is 0.644. The SMILES string of the molecule is CC(C)(C)c1cc(-c2nc3ccccc3n2-c2ccc(C(F)(F)F)cc2-c2ccccc2Cl)cc2ccccc12. The summed E-state index contributed by atoms with van der Waals surface area (Å²) in [6, 6.07) is 30.9. The maximum atomic E-state index is 13.9. The van der Waals surface area contributed by atoms with Crippen molar-refractivity contribution in [1.82, 2.24) is 9.55 Å². The molecule has 1 heterocycles. The van der Waals surface area contributed by atoms with Crippen LogP contribution in [0.3, 0.4) is 0 Å². The lowest BCUT2D eigenvalue weighted by Crippen LogP contribution is -2.12. The third-order valence-corrected chi connectivity index (χ3v) is 7.55. The van der Waals surface area contributed by atoms with Gasteiger partial charge in [-0.3, -0.25) is 4.57 Å². The maximum Gasteiger partial charge on any atom is 0.416 e. The number of aromatic nitrogens is 2. The molecule has 0 saturated carbocycles. The van der Waals surface area contributed by atoms with Crippen molar-refractivity contribution in [3.63, 3.8) is 0 Å². The van der Waals surface area contributed by atoms with Gasteiger partial charge < -0.3 is 0 Å². The van der Waals surface area contributed by atoms with E-state index >= 15 is 0 Å². The number of alkyl halides is 3. The van der Waals surface area contributed by atoms with Gasteiger partial charge in [-0.1, -0.05) is 87.0 Å². The normalized spacial score (nSPS) is 12.4. The van der Waals surface area contributed by atoms with Crippen LogP contribution in [-0.4, -0.2) is 9.55 Å². The molecular weight excluding hydrogens is 529 g/mol. The maximum absolute atomic E-state index is 13.9. The van der Waals surface area contributed by atoms with E-state index in [0.717, 1.165) is 39.0 Å². The molecule has 2 nitrogen and oxygen atoms in total. The van der Waals surface area contributed by atoms with E-state index in [-0.39, 0.29) is 5.41 Å². The van der Waals surface area contributed by atoms with Gasteiger partial charge in [0.1, 0.15) is 5.82 Å². The van der Waals surface area contributed by atoms with Crippen LogP contribution in [0, 0.1) is 0 Å². The monoisotopic (exact) mass is 554 g/mol. The van der Waals surface area contributed by atoms with E-state index in [4.69, 9.17) is 16.6 Å². The molecular formula is C34H26ClF3N2. The molecule has 0 bridgehead atoms. The Balaban J connectivity index is 1.72. The van der Waals surface area contributed by atoms with Crippen LogP contribution in [0.15, 0.2) is 103 Å². The van der Waals surface area contributed by atoms with Gasteiger partial charge in [0.2, 0.25) is 0 Å². The quantitative estimate of drug-likeness (QED) is 0.213. The summed E-state index contributed by atoms with van der Waals surface area (Å²) >= 11 is 6.56. The first-order chi connectivity index (χ1) is 19.0. The van der Waals surface area contributed by atoms with Gasteiger partial charge in [0.05, 0.1) is 22.3 Å². The Labute approximate surface area is 235 Å². The van der Waals surface area contributed by atoms with E-state index in [1.807, 2.05) is 41.0 Å². The Kier molecular flexibility index (Phi) is 6.23. The van der Waals surface area contributed by atoms with Crippen molar-refractivity contribution < 1.29 is 13.2 Å². The molecule has 1 aromatic heterocycles. The third kappa shape index (κ3) is 4.54. The Bertz CT molecular complexity index is 1890. The summed E-state index contributed by atoms with van der Waals surface area (Å²) in [6.45, 7) is 6.52. The molecule has 200 valence electrons. The fourth-order valence-electron chi connectivity index (χ4n) is 5.33. The molecule has 6 rings (SSSR count). The van der Waals surface area contributed by atoms with Crippen LogP contribution < -0.4 is 0 Å². The standard InChI is InChI=1S/C34H26ClF3N2/c1-33(2,3)27-19-22(18-21-10-4-5-11-24(21)27)32-39-29-14-8-9-15-31(29)40(32)30-17-16-23(34(36,37)38)20-26(30)25-12-6-7-13-28(25)35/h4-20H,1-3H3. The average molecular weight is 555 g/mol. The van der Waals surface area contributed by atoms with E-state index in [1.54, 1.807) is 24.3 Å². The predicted molar refractivity (Wildman–Crippen MR) is 158 cm³/mol. The summed E-state index contributed by atoms with van der Waals surface area (Å²) < 4.78 is 43.7. The number of nitrogens with zero attached hydrogens (tertiary/aromatic N) is 2. The van der Waals surface area contributed by atoms with Crippen LogP contribution >= 0.6 is 11.6 Å². The molecule has 0 spiro atoms. The molecule has 0 aliphatic heterocycles. The fraction of sp³-hybridized carbons (Fsp3) is 0.147. The molecule has 0 aliphatic rings. The van der Waals surface area contributed by atoms with E-state index in [0.29, 0.717) is 27.7 Å². The second kappa shape index (κ2) is 9.53. The Morgan fingerprint density at radius 1 is 0.725 bits per heavy atom. The largest absolute Gasteiger partial charge is 0.416 e. The van der Waals surface area contributed by atoms with Crippen molar-refractivity contribution in [2.75, 3.05) is 0 Å². The van der Waals surface area contributed by atoms with Crippen molar-refractivity contribution in [3.05, 3.63) is 119 Å². The highest BCUT2D eigenvalue weighted by atomic mass is 35.5. The number of fused-ring (bicyclic) bond motifs is 2. The Hall–Kier alpha value is -4.09. The number of halogens is 4. The van der Waals surface area contributed by atoms with Crippen LogP contribution in [0.1, 0.15) is 31.9 Å². The lowest BCUT2D eigenvalue weighted by atomic mass is 9.82. The van der Waals surface area contributed by atoms with E-state index in [1.165, 1.54) is 12.1 Å². The number of benzene rings is 5.